The Morgan fingerprint density at radius 2 is 1.78 bits per heavy atom. The minimum Gasteiger partial charge on any atom is -0.494 e. The van der Waals surface area contributed by atoms with Crippen molar-refractivity contribution in [2.75, 3.05) is 19.8 Å². The van der Waals surface area contributed by atoms with Crippen molar-refractivity contribution in [2.45, 2.75) is 11.8 Å². The van der Waals surface area contributed by atoms with Crippen LogP contribution in [0.5, 0.6) is 11.6 Å². The lowest BCUT2D eigenvalue weighted by Crippen LogP contribution is -2.28. The Labute approximate surface area is 190 Å². The first kappa shape index (κ1) is 22.0. The fourth-order valence-corrected chi connectivity index (χ4v) is 4.19. The summed E-state index contributed by atoms with van der Waals surface area (Å²) in [6.45, 7) is 2.52. The molecule has 32 heavy (non-hydrogen) atoms. The summed E-state index contributed by atoms with van der Waals surface area (Å²) in [7, 11) is -3.67. The summed E-state index contributed by atoms with van der Waals surface area (Å²) >= 11 is 6.26. The molecular weight excluding hydrogens is 454 g/mol. The Morgan fingerprint density at radius 3 is 2.53 bits per heavy atom. The molecule has 1 N–H and O–H groups in total. The fourth-order valence-electron chi connectivity index (χ4n) is 2.96. The van der Waals surface area contributed by atoms with Gasteiger partial charge in [-0.3, -0.25) is 0 Å². The van der Waals surface area contributed by atoms with Gasteiger partial charge in [0.15, 0.2) is 11.5 Å². The summed E-state index contributed by atoms with van der Waals surface area (Å²) < 4.78 is 39.8. The van der Waals surface area contributed by atoms with Gasteiger partial charge in [-0.05, 0) is 49.4 Å². The van der Waals surface area contributed by atoms with Gasteiger partial charge in [0.25, 0.3) is 0 Å². The van der Waals surface area contributed by atoms with Crippen LogP contribution in [-0.2, 0) is 10.0 Å². The van der Waals surface area contributed by atoms with Crippen LogP contribution in [0.4, 0.5) is 0 Å². The lowest BCUT2D eigenvalue weighted by atomic mass is 10.2. The minimum atomic E-state index is -3.67. The first-order valence-corrected chi connectivity index (χ1v) is 11.7. The largest absolute Gasteiger partial charge is 0.494 e. The second-order valence-electron chi connectivity index (χ2n) is 6.60. The van der Waals surface area contributed by atoms with Gasteiger partial charge in [-0.1, -0.05) is 23.7 Å². The van der Waals surface area contributed by atoms with E-state index in [0.717, 1.165) is 0 Å². The molecule has 2 aromatic heterocycles. The van der Waals surface area contributed by atoms with Crippen LogP contribution >= 0.6 is 11.6 Å². The second kappa shape index (κ2) is 9.51. The predicted octanol–water partition coefficient (Wildman–Crippen LogP) is 3.20. The van der Waals surface area contributed by atoms with Crippen molar-refractivity contribution in [1.29, 1.82) is 0 Å². The van der Waals surface area contributed by atoms with Crippen LogP contribution in [-0.4, -0.2) is 48.0 Å². The molecule has 2 aromatic carbocycles. The summed E-state index contributed by atoms with van der Waals surface area (Å²) in [6.07, 6.45) is 0. The molecule has 0 bridgehead atoms. The van der Waals surface area contributed by atoms with Gasteiger partial charge in [-0.25, -0.2) is 13.1 Å². The Morgan fingerprint density at radius 1 is 1.00 bits per heavy atom. The summed E-state index contributed by atoms with van der Waals surface area (Å²) in [5.41, 5.74) is 1.22. The van der Waals surface area contributed by atoms with E-state index in [9.17, 15) is 8.42 Å². The molecule has 0 atom stereocenters. The fraction of sp³-hybridized carbons (Fsp3) is 0.190. The monoisotopic (exact) mass is 473 g/mol. The van der Waals surface area contributed by atoms with E-state index in [1.165, 1.54) is 16.6 Å². The number of ether oxygens (including phenoxy) is 2. The second-order valence-corrected chi connectivity index (χ2v) is 8.77. The molecule has 0 saturated carbocycles. The molecule has 9 nitrogen and oxygen atoms in total. The standard InChI is InChI=1S/C21H20ClN5O4S/c1-2-30-15-7-9-16(10-8-15)32(28,29)23-13-14-31-20-12-11-19-24-25-21(27(19)26-20)17-5-3-4-6-18(17)22/h3-12,23H,2,13-14H2,1H3. The van der Waals surface area contributed by atoms with Crippen molar-refractivity contribution in [2.24, 2.45) is 0 Å². The molecule has 0 radical (unpaired) electrons. The smallest absolute Gasteiger partial charge is 0.240 e. The van der Waals surface area contributed by atoms with Crippen LogP contribution in [0.25, 0.3) is 17.0 Å². The van der Waals surface area contributed by atoms with E-state index < -0.39 is 10.0 Å². The molecule has 11 heteroatoms. The maximum atomic E-state index is 12.4. The van der Waals surface area contributed by atoms with Crippen molar-refractivity contribution in [3.05, 3.63) is 65.7 Å². The number of halogens is 1. The van der Waals surface area contributed by atoms with Crippen molar-refractivity contribution in [3.63, 3.8) is 0 Å². The normalized spacial score (nSPS) is 11.6. The first-order chi connectivity index (χ1) is 15.5. The van der Waals surface area contributed by atoms with E-state index in [-0.39, 0.29) is 18.0 Å². The summed E-state index contributed by atoms with van der Waals surface area (Å²) in [5.74, 6) is 1.39. The van der Waals surface area contributed by atoms with Crippen LogP contribution in [0, 0.1) is 0 Å². The molecule has 0 unspecified atom stereocenters. The van der Waals surface area contributed by atoms with Crippen LogP contribution in [0.1, 0.15) is 6.92 Å². The van der Waals surface area contributed by atoms with E-state index in [0.29, 0.717) is 40.3 Å². The number of rotatable bonds is 9. The lowest BCUT2D eigenvalue weighted by molar-refractivity contribution is 0.306. The molecule has 2 heterocycles. The molecule has 0 amide bonds. The maximum absolute atomic E-state index is 12.4. The Bertz CT molecular complexity index is 1330. The van der Waals surface area contributed by atoms with E-state index in [1.807, 2.05) is 25.1 Å². The summed E-state index contributed by atoms with van der Waals surface area (Å²) in [5, 5.41) is 13.2. The Hall–Kier alpha value is -3.21. The molecule has 0 fully saturated rings. The van der Waals surface area contributed by atoms with Gasteiger partial charge in [-0.2, -0.15) is 4.52 Å². The van der Waals surface area contributed by atoms with Gasteiger partial charge >= 0.3 is 0 Å². The van der Waals surface area contributed by atoms with E-state index in [4.69, 9.17) is 21.1 Å². The molecule has 0 spiro atoms. The van der Waals surface area contributed by atoms with Crippen molar-refractivity contribution in [3.8, 4) is 23.0 Å². The van der Waals surface area contributed by atoms with Crippen molar-refractivity contribution in [1.82, 2.24) is 24.5 Å². The van der Waals surface area contributed by atoms with E-state index in [1.54, 1.807) is 30.3 Å². The molecule has 0 aliphatic carbocycles. The van der Waals surface area contributed by atoms with E-state index >= 15 is 0 Å². The number of hydrogen-bond acceptors (Lipinski definition) is 7. The highest BCUT2D eigenvalue weighted by Crippen LogP contribution is 2.26. The van der Waals surface area contributed by atoms with Crippen molar-refractivity contribution < 1.29 is 17.9 Å². The molecule has 0 saturated heterocycles. The zero-order valence-electron chi connectivity index (χ0n) is 17.1. The number of benzene rings is 2. The van der Waals surface area contributed by atoms with Crippen LogP contribution in [0.3, 0.4) is 0 Å². The lowest BCUT2D eigenvalue weighted by Gasteiger charge is -2.09. The molecule has 166 valence electrons. The number of sulfonamides is 1. The highest BCUT2D eigenvalue weighted by molar-refractivity contribution is 7.89. The molecule has 4 aromatic rings. The molecule has 0 aliphatic heterocycles. The number of fused-ring (bicyclic) bond motifs is 1. The Balaban J connectivity index is 1.40. The summed E-state index contributed by atoms with van der Waals surface area (Å²) in [4.78, 5) is 0.148. The quantitative estimate of drug-likeness (QED) is 0.372. The molecule has 4 rings (SSSR count). The maximum Gasteiger partial charge on any atom is 0.240 e. The van der Waals surface area contributed by atoms with Gasteiger partial charge in [0.2, 0.25) is 15.9 Å². The van der Waals surface area contributed by atoms with Crippen molar-refractivity contribution >= 4 is 27.3 Å². The average molecular weight is 474 g/mol. The predicted molar refractivity (Wildman–Crippen MR) is 120 cm³/mol. The Kier molecular flexibility index (Phi) is 6.54. The number of aromatic nitrogens is 4. The topological polar surface area (TPSA) is 108 Å². The van der Waals surface area contributed by atoms with Crippen LogP contribution in [0.15, 0.2) is 65.6 Å². The molecule has 0 aliphatic rings. The SMILES string of the molecule is CCOc1ccc(S(=O)(=O)NCCOc2ccc3nnc(-c4ccccc4Cl)n3n2)cc1. The average Bonchev–Trinajstić information content (AvgIpc) is 3.21. The molecular formula is C21H20ClN5O4S. The van der Waals surface area contributed by atoms with Gasteiger partial charge in [0.05, 0.1) is 16.5 Å². The van der Waals surface area contributed by atoms with Gasteiger partial charge in [0, 0.05) is 18.2 Å². The third-order valence-electron chi connectivity index (χ3n) is 4.44. The summed E-state index contributed by atoms with van der Waals surface area (Å²) in [6, 6.07) is 16.8. The number of nitrogens with zero attached hydrogens (tertiary/aromatic N) is 4. The number of nitrogens with one attached hydrogen (secondary N) is 1. The highest BCUT2D eigenvalue weighted by atomic mass is 35.5. The minimum absolute atomic E-state index is 0.0643. The number of hydrogen-bond donors (Lipinski definition) is 1. The third-order valence-corrected chi connectivity index (χ3v) is 6.25. The van der Waals surface area contributed by atoms with Gasteiger partial charge < -0.3 is 9.47 Å². The third kappa shape index (κ3) is 4.82. The van der Waals surface area contributed by atoms with Gasteiger partial charge in [-0.15, -0.1) is 15.3 Å². The van der Waals surface area contributed by atoms with Gasteiger partial charge in [0.1, 0.15) is 12.4 Å². The zero-order chi connectivity index (χ0) is 22.6. The highest BCUT2D eigenvalue weighted by Gasteiger charge is 2.15. The van der Waals surface area contributed by atoms with E-state index in [2.05, 4.69) is 20.0 Å². The van der Waals surface area contributed by atoms with Crippen LogP contribution < -0.4 is 14.2 Å². The van der Waals surface area contributed by atoms with Crippen LogP contribution in [0.2, 0.25) is 5.02 Å². The first-order valence-electron chi connectivity index (χ1n) is 9.80. The zero-order valence-corrected chi connectivity index (χ0v) is 18.7.